The van der Waals surface area contributed by atoms with Gasteiger partial charge < -0.3 is 10.2 Å². The second-order valence-electron chi connectivity index (χ2n) is 7.27. The number of azo groups is 1. The zero-order chi connectivity index (χ0) is 26.3. The van der Waals surface area contributed by atoms with Crippen LogP contribution in [0.3, 0.4) is 0 Å². The summed E-state index contributed by atoms with van der Waals surface area (Å²) in [5, 5.41) is 36.0. The van der Waals surface area contributed by atoms with Crippen molar-refractivity contribution in [3.8, 4) is 0 Å². The normalized spacial score (nSPS) is 17.3. The van der Waals surface area contributed by atoms with Crippen molar-refractivity contribution >= 4 is 132 Å². The summed E-state index contributed by atoms with van der Waals surface area (Å²) in [6, 6.07) is 10.1. The van der Waals surface area contributed by atoms with Gasteiger partial charge in [0.2, 0.25) is 5.88 Å². The fraction of sp³-hybridized carbons (Fsp3) is 0.0526. The molecule has 2 aromatic carbocycles. The van der Waals surface area contributed by atoms with Crippen molar-refractivity contribution in [3.63, 3.8) is 0 Å². The van der Waals surface area contributed by atoms with Gasteiger partial charge in [0.15, 0.2) is 5.82 Å². The van der Waals surface area contributed by atoms with E-state index in [1.807, 2.05) is 0 Å². The number of hydrazine groups is 1. The summed E-state index contributed by atoms with van der Waals surface area (Å²) >= 11 is 0. The minimum absolute atomic E-state index is 0. The average molecular weight is 605 g/mol. The van der Waals surface area contributed by atoms with Gasteiger partial charge in [0.1, 0.15) is 0 Å². The summed E-state index contributed by atoms with van der Waals surface area (Å²) in [7, 11) is -9.07. The number of nitrogens with zero attached hydrogens (tertiary/aromatic N) is 4. The third-order valence-electron chi connectivity index (χ3n) is 5.01. The molecular weight excluding hydrogens is 589 g/mol. The molecule has 0 amide bonds. The molecule has 1 atom stereocenters. The maximum absolute atomic E-state index is 12.5. The molecule has 1 aliphatic rings. The smallest absolute Gasteiger partial charge is 0.355 e. The van der Waals surface area contributed by atoms with Gasteiger partial charge in [-0.25, -0.2) is 9.80 Å². The van der Waals surface area contributed by atoms with Crippen LogP contribution >= 0.6 is 0 Å². The van der Waals surface area contributed by atoms with Crippen LogP contribution in [-0.4, -0.2) is 147 Å². The Morgan fingerprint density at radius 3 is 1.82 bits per heavy atom. The molecule has 3 radical (unpaired) electrons. The van der Waals surface area contributed by atoms with E-state index in [1.54, 1.807) is 0 Å². The second kappa shape index (κ2) is 13.7. The Labute approximate surface area is 288 Å². The minimum atomic E-state index is -4.55. The fourth-order valence-corrected chi connectivity index (χ4v) is 4.29. The number of benzene rings is 2. The predicted octanol–water partition coefficient (Wildman–Crippen LogP) is 0.577. The molecule has 1 aliphatic heterocycles. The van der Waals surface area contributed by atoms with E-state index in [2.05, 4.69) is 25.9 Å². The quantitative estimate of drug-likeness (QED) is 0.123. The van der Waals surface area contributed by atoms with Crippen LogP contribution in [0.1, 0.15) is 5.56 Å². The summed E-state index contributed by atoms with van der Waals surface area (Å²) in [5.41, 5.74) is -0.261. The number of aromatic nitrogens is 2. The Balaban J connectivity index is 0.00000253. The average Bonchev–Trinajstić information content (AvgIpc) is 3.43. The van der Waals surface area contributed by atoms with Gasteiger partial charge in [0.05, 0.1) is 27.2 Å². The van der Waals surface area contributed by atoms with Crippen molar-refractivity contribution in [1.82, 2.24) is 15.6 Å². The number of hydrogen-bond donors (Lipinski definition) is 6. The molecule has 4 rings (SSSR count). The molecule has 15 nitrogen and oxygen atoms in total. The van der Waals surface area contributed by atoms with Crippen LogP contribution in [0.5, 0.6) is 0 Å². The van der Waals surface area contributed by atoms with Gasteiger partial charge in [-0.15, -0.1) is 10.2 Å². The Hall–Kier alpha value is -1.16. The number of nitrogens with one attached hydrogen (secondary N) is 2. The first-order valence-corrected chi connectivity index (χ1v) is 12.5. The van der Waals surface area contributed by atoms with Gasteiger partial charge >= 0.3 is 5.97 Å². The summed E-state index contributed by atoms with van der Waals surface area (Å²) < 4.78 is 64.0. The molecule has 1 aromatic heterocycles. The molecule has 20 heteroatoms. The number of aliphatic hydroxyl groups is 1. The van der Waals surface area contributed by atoms with Crippen molar-refractivity contribution in [2.45, 2.75) is 15.5 Å². The van der Waals surface area contributed by atoms with Crippen LogP contribution < -0.4 is 10.4 Å². The number of carboxylic acids is 1. The van der Waals surface area contributed by atoms with E-state index in [1.165, 1.54) is 24.4 Å². The molecule has 0 fully saturated rings. The van der Waals surface area contributed by atoms with Crippen LogP contribution in [-0.2, 0) is 25.0 Å². The summed E-state index contributed by atoms with van der Waals surface area (Å²) in [4.78, 5) is 11.6. The summed E-state index contributed by atoms with van der Waals surface area (Å²) in [6.45, 7) is 0. The molecule has 0 aliphatic carbocycles. The molecular formula is C19H16N6Na3O9S2. The molecule has 3 aromatic rings. The van der Waals surface area contributed by atoms with Crippen molar-refractivity contribution in [2.75, 3.05) is 5.01 Å². The third-order valence-corrected chi connectivity index (χ3v) is 6.74. The van der Waals surface area contributed by atoms with Crippen molar-refractivity contribution in [3.05, 3.63) is 72.2 Å². The Kier molecular flexibility index (Phi) is 12.6. The molecule has 191 valence electrons. The van der Waals surface area contributed by atoms with E-state index < -0.39 is 47.5 Å². The second-order valence-corrected chi connectivity index (χ2v) is 10.1. The Morgan fingerprint density at radius 2 is 1.38 bits per heavy atom. The number of anilines is 1. The monoisotopic (exact) mass is 605 g/mol. The number of rotatable bonds is 7. The predicted molar refractivity (Wildman–Crippen MR) is 138 cm³/mol. The molecule has 0 saturated carbocycles. The maximum atomic E-state index is 12.5. The number of carboxylic acid groups (broad SMARTS) is 1. The van der Waals surface area contributed by atoms with Gasteiger partial charge in [-0.2, -0.15) is 27.4 Å². The topological polar surface area (TPSA) is 235 Å². The zero-order valence-corrected chi connectivity index (χ0v) is 28.3. The number of carbonyl (C=O) groups is 1. The first-order valence-electron chi connectivity index (χ1n) is 9.66. The Morgan fingerprint density at radius 1 is 0.872 bits per heavy atom. The van der Waals surface area contributed by atoms with Crippen LogP contribution in [0.15, 0.2) is 86.7 Å². The molecule has 39 heavy (non-hydrogen) atoms. The zero-order valence-electron chi connectivity index (χ0n) is 20.7. The van der Waals surface area contributed by atoms with Crippen molar-refractivity contribution in [2.24, 2.45) is 10.2 Å². The third kappa shape index (κ3) is 7.57. The van der Waals surface area contributed by atoms with Crippen molar-refractivity contribution in [1.29, 1.82) is 0 Å². The molecule has 2 heterocycles. The number of aliphatic carboxylic acids is 1. The van der Waals surface area contributed by atoms with E-state index >= 15 is 0 Å². The Bertz CT molecular complexity index is 1600. The number of aromatic amines is 1. The summed E-state index contributed by atoms with van der Waals surface area (Å²) in [5.74, 6) is -2.24. The SMILES string of the molecule is O=C(O)C1(N=Nc2ccn[nH]2)NN(c2ccc(S(=O)(=O)O)cc2)C(O)=C1c1ccc(S(=O)(=O)O)cc1.[Na].[Na].[Na]. The van der Waals surface area contributed by atoms with Gasteiger partial charge in [0, 0.05) is 94.7 Å². The van der Waals surface area contributed by atoms with Gasteiger partial charge in [-0.1, -0.05) is 12.1 Å². The molecule has 1 unspecified atom stereocenters. The van der Waals surface area contributed by atoms with E-state index in [4.69, 9.17) is 0 Å². The maximum Gasteiger partial charge on any atom is 0.355 e. The van der Waals surface area contributed by atoms with Gasteiger partial charge in [-0.05, 0) is 42.0 Å². The van der Waals surface area contributed by atoms with Crippen LogP contribution in [0.4, 0.5) is 11.5 Å². The molecule has 0 saturated heterocycles. The van der Waals surface area contributed by atoms with Crippen LogP contribution in [0.25, 0.3) is 5.57 Å². The van der Waals surface area contributed by atoms with Gasteiger partial charge in [-0.3, -0.25) is 14.2 Å². The first-order chi connectivity index (χ1) is 16.8. The fourth-order valence-electron chi connectivity index (χ4n) is 3.33. The first kappa shape index (κ1) is 35.9. The molecule has 6 N–H and O–H groups in total. The number of hydrogen-bond acceptors (Lipinski definition) is 11. The van der Waals surface area contributed by atoms with E-state index in [0.29, 0.717) is 0 Å². The minimum Gasteiger partial charge on any atom is -0.493 e. The van der Waals surface area contributed by atoms with Crippen molar-refractivity contribution < 1.29 is 40.9 Å². The van der Waals surface area contributed by atoms with Gasteiger partial charge in [0.25, 0.3) is 25.9 Å². The van der Waals surface area contributed by atoms with Crippen LogP contribution in [0, 0.1) is 0 Å². The van der Waals surface area contributed by atoms with E-state index in [0.717, 1.165) is 41.4 Å². The van der Waals surface area contributed by atoms with E-state index in [-0.39, 0.29) is 111 Å². The van der Waals surface area contributed by atoms with Crippen LogP contribution in [0.2, 0.25) is 0 Å². The van der Waals surface area contributed by atoms with E-state index in [9.17, 15) is 40.9 Å². The standard InChI is InChI=1S/C19H16N6O9S2.3Na/c26-17-16(11-1-5-13(6-2-11)35(29,30)31)19(18(27)28,23-22-15-9-10-20-21-15)24-25(17)12-3-7-14(8-4-12)36(32,33)34;;;/h1-10,24,26H,(H,20,21)(H,27,28)(H,29,30,31)(H,32,33,34);;;. The number of aliphatic hydroxyl groups excluding tert-OH is 1. The molecule has 0 spiro atoms. The molecule has 0 bridgehead atoms. The summed E-state index contributed by atoms with van der Waals surface area (Å²) in [6.07, 6.45) is 1.34. The number of H-pyrrole nitrogens is 1. The largest absolute Gasteiger partial charge is 0.493 e.